The third-order valence-corrected chi connectivity index (χ3v) is 4.33. The predicted molar refractivity (Wildman–Crippen MR) is 95.6 cm³/mol. The molecule has 1 N–H and O–H groups in total. The second-order valence-electron chi connectivity index (χ2n) is 5.08. The van der Waals surface area contributed by atoms with Crippen molar-refractivity contribution in [1.82, 2.24) is 10.2 Å². The van der Waals surface area contributed by atoms with Gasteiger partial charge in [0.05, 0.1) is 0 Å². The van der Waals surface area contributed by atoms with Gasteiger partial charge in [0.15, 0.2) is 0 Å². The Labute approximate surface area is 142 Å². The molecule has 0 radical (unpaired) electrons. The monoisotopic (exact) mass is 379 g/mol. The zero-order valence-electron chi connectivity index (χ0n) is 12.5. The number of benzene rings is 1. The first-order valence-corrected chi connectivity index (χ1v) is 8.99. The van der Waals surface area contributed by atoms with Gasteiger partial charge in [0.25, 0.3) is 0 Å². The number of carbonyl (C=O) groups excluding carboxylic acids is 1. The summed E-state index contributed by atoms with van der Waals surface area (Å²) in [6.45, 7) is 4.31. The highest BCUT2D eigenvalue weighted by Gasteiger charge is 2.05. The van der Waals surface area contributed by atoms with E-state index in [1.807, 2.05) is 12.1 Å². The second-order valence-corrected chi connectivity index (χ2v) is 6.94. The van der Waals surface area contributed by atoms with Gasteiger partial charge in [0, 0.05) is 17.8 Å². The molecule has 0 saturated heterocycles. The summed E-state index contributed by atoms with van der Waals surface area (Å²) in [5.74, 6) is 0.307. The molecule has 2 aromatic rings. The number of alkyl halides is 1. The van der Waals surface area contributed by atoms with Gasteiger partial charge in [-0.2, -0.15) is 0 Å². The van der Waals surface area contributed by atoms with Crippen molar-refractivity contribution in [2.24, 2.45) is 0 Å². The molecule has 0 atom stereocenters. The molecule has 0 aliphatic carbocycles. The van der Waals surface area contributed by atoms with E-state index in [1.165, 1.54) is 23.0 Å². The summed E-state index contributed by atoms with van der Waals surface area (Å²) >= 11 is 4.75. The molecule has 0 aliphatic heterocycles. The van der Waals surface area contributed by atoms with Crippen LogP contribution in [0.4, 0.5) is 5.13 Å². The molecular formula is C16H18BrN3OS. The van der Waals surface area contributed by atoms with Crippen molar-refractivity contribution in [3.8, 4) is 0 Å². The number of hydrogen-bond donors (Lipinski definition) is 1. The van der Waals surface area contributed by atoms with Gasteiger partial charge in [-0.1, -0.05) is 65.4 Å². The van der Waals surface area contributed by atoms with Crippen LogP contribution >= 0.6 is 27.3 Å². The van der Waals surface area contributed by atoms with Crippen LogP contribution in [0.15, 0.2) is 30.3 Å². The molecule has 0 aliphatic rings. The van der Waals surface area contributed by atoms with E-state index in [2.05, 4.69) is 57.4 Å². The lowest BCUT2D eigenvalue weighted by atomic mass is 10.0. The van der Waals surface area contributed by atoms with Crippen molar-refractivity contribution in [2.75, 3.05) is 10.6 Å². The molecular weight excluding hydrogens is 362 g/mol. The molecule has 1 aromatic heterocycles. The zero-order valence-corrected chi connectivity index (χ0v) is 14.9. The highest BCUT2D eigenvalue weighted by molar-refractivity contribution is 9.09. The minimum absolute atomic E-state index is 0.200. The minimum atomic E-state index is -0.200. The summed E-state index contributed by atoms with van der Waals surface area (Å²) in [6, 6.07) is 8.19. The fourth-order valence-corrected chi connectivity index (χ4v) is 3.18. The molecule has 116 valence electrons. The largest absolute Gasteiger partial charge is 0.297 e. The van der Waals surface area contributed by atoms with E-state index >= 15 is 0 Å². The summed E-state index contributed by atoms with van der Waals surface area (Å²) in [4.78, 5) is 11.9. The van der Waals surface area contributed by atoms with Gasteiger partial charge in [-0.3, -0.25) is 10.1 Å². The van der Waals surface area contributed by atoms with Gasteiger partial charge in [-0.05, 0) is 23.1 Å². The van der Waals surface area contributed by atoms with Crippen LogP contribution in [0.3, 0.4) is 0 Å². The second kappa shape index (κ2) is 8.19. The van der Waals surface area contributed by atoms with E-state index in [4.69, 9.17) is 0 Å². The first-order valence-electron chi connectivity index (χ1n) is 7.06. The van der Waals surface area contributed by atoms with Crippen LogP contribution in [0.1, 0.15) is 35.9 Å². The Balaban J connectivity index is 1.92. The molecule has 0 fully saturated rings. The van der Waals surface area contributed by atoms with Gasteiger partial charge in [0.2, 0.25) is 11.0 Å². The highest BCUT2D eigenvalue weighted by Crippen LogP contribution is 2.17. The maximum absolute atomic E-state index is 11.9. The molecule has 0 spiro atoms. The molecule has 6 heteroatoms. The Bertz CT molecular complexity index is 650. The van der Waals surface area contributed by atoms with Crippen LogP contribution in [0.2, 0.25) is 0 Å². The van der Waals surface area contributed by atoms with Crippen molar-refractivity contribution in [3.63, 3.8) is 0 Å². The maximum Gasteiger partial charge on any atom is 0.250 e. The van der Waals surface area contributed by atoms with Crippen LogP contribution in [0, 0.1) is 0 Å². The number of rotatable bonds is 6. The van der Waals surface area contributed by atoms with Crippen LogP contribution in [-0.4, -0.2) is 21.4 Å². The maximum atomic E-state index is 11.9. The molecule has 4 nitrogen and oxygen atoms in total. The van der Waals surface area contributed by atoms with Crippen molar-refractivity contribution >= 4 is 44.4 Å². The smallest absolute Gasteiger partial charge is 0.250 e. The summed E-state index contributed by atoms with van der Waals surface area (Å²) in [7, 11) is 0. The number of nitrogens with one attached hydrogen (secondary N) is 1. The number of aryl methyl sites for hydroxylation is 1. The van der Waals surface area contributed by atoms with E-state index in [9.17, 15) is 4.79 Å². The first kappa shape index (κ1) is 16.8. The molecule has 1 aromatic carbocycles. The van der Waals surface area contributed by atoms with Crippen LogP contribution in [0.5, 0.6) is 0 Å². The third kappa shape index (κ3) is 5.03. The number of amides is 1. The molecule has 2 rings (SSSR count). The van der Waals surface area contributed by atoms with Crippen molar-refractivity contribution < 1.29 is 4.79 Å². The van der Waals surface area contributed by atoms with E-state index in [-0.39, 0.29) is 5.91 Å². The number of carbonyl (C=O) groups is 1. The fourth-order valence-electron chi connectivity index (χ4n) is 1.80. The molecule has 0 saturated carbocycles. The quantitative estimate of drug-likeness (QED) is 0.602. The summed E-state index contributed by atoms with van der Waals surface area (Å²) in [5.41, 5.74) is 2.28. The molecule has 1 heterocycles. The molecule has 0 unspecified atom stereocenters. The highest BCUT2D eigenvalue weighted by atomic mass is 79.9. The molecule has 22 heavy (non-hydrogen) atoms. The Morgan fingerprint density at radius 3 is 2.68 bits per heavy atom. The minimum Gasteiger partial charge on any atom is -0.297 e. The van der Waals surface area contributed by atoms with Crippen molar-refractivity contribution in [2.45, 2.75) is 26.2 Å². The third-order valence-electron chi connectivity index (χ3n) is 3.04. The number of nitrogens with zero attached hydrogens (tertiary/aromatic N) is 2. The van der Waals surface area contributed by atoms with Gasteiger partial charge < -0.3 is 0 Å². The molecule has 1 amide bonds. The summed E-state index contributed by atoms with van der Waals surface area (Å²) < 4.78 is 0. The van der Waals surface area contributed by atoms with E-state index in [0.29, 0.717) is 11.0 Å². The normalized spacial score (nSPS) is 11.3. The van der Waals surface area contributed by atoms with E-state index in [0.717, 1.165) is 22.3 Å². The topological polar surface area (TPSA) is 54.9 Å². The number of hydrogen-bond acceptors (Lipinski definition) is 4. The van der Waals surface area contributed by atoms with E-state index < -0.39 is 0 Å². The number of anilines is 1. The fraction of sp³-hybridized carbons (Fsp3) is 0.312. The van der Waals surface area contributed by atoms with Gasteiger partial charge in [-0.25, -0.2) is 0 Å². The van der Waals surface area contributed by atoms with Gasteiger partial charge in [0.1, 0.15) is 5.01 Å². The molecule has 0 bridgehead atoms. The standard InChI is InChI=1S/C16H18BrN3OS/c1-11(2)13-6-3-12(4-7-13)5-8-14(21)18-16-20-19-15(22-16)9-10-17/h3-8,11H,9-10H2,1-2H3,(H,18,20,21)/b8-5+. The predicted octanol–water partition coefficient (Wildman–Crippen LogP) is 4.25. The van der Waals surface area contributed by atoms with Gasteiger partial charge >= 0.3 is 0 Å². The van der Waals surface area contributed by atoms with Crippen LogP contribution < -0.4 is 5.32 Å². The number of halogens is 1. The van der Waals surface area contributed by atoms with E-state index in [1.54, 1.807) is 6.08 Å². The average Bonchev–Trinajstić information content (AvgIpc) is 2.93. The summed E-state index contributed by atoms with van der Waals surface area (Å²) in [6.07, 6.45) is 4.11. The lowest BCUT2D eigenvalue weighted by molar-refractivity contribution is -0.111. The van der Waals surface area contributed by atoms with Gasteiger partial charge in [-0.15, -0.1) is 10.2 Å². The Morgan fingerprint density at radius 1 is 1.32 bits per heavy atom. The Morgan fingerprint density at radius 2 is 2.05 bits per heavy atom. The lowest BCUT2D eigenvalue weighted by Crippen LogP contribution is -2.07. The lowest BCUT2D eigenvalue weighted by Gasteiger charge is -2.04. The SMILES string of the molecule is CC(C)c1ccc(/C=C/C(=O)Nc2nnc(CCBr)s2)cc1. The zero-order chi connectivity index (χ0) is 15.9. The summed E-state index contributed by atoms with van der Waals surface area (Å²) in [5, 5.41) is 12.9. The number of aromatic nitrogens is 2. The van der Waals surface area contributed by atoms with Crippen molar-refractivity contribution in [1.29, 1.82) is 0 Å². The Kier molecular flexibility index (Phi) is 6.27. The van der Waals surface area contributed by atoms with Crippen molar-refractivity contribution in [3.05, 3.63) is 46.5 Å². The first-order chi connectivity index (χ1) is 10.6. The Hall–Kier alpha value is -1.53. The average molecular weight is 380 g/mol. The van der Waals surface area contributed by atoms with Crippen LogP contribution in [-0.2, 0) is 11.2 Å². The van der Waals surface area contributed by atoms with Crippen LogP contribution in [0.25, 0.3) is 6.08 Å².